The van der Waals surface area contributed by atoms with Crippen LogP contribution < -0.4 is 0 Å². The molecule has 3 aromatic heterocycles. The molecule has 1 aliphatic heterocycles. The summed E-state index contributed by atoms with van der Waals surface area (Å²) in [6.07, 6.45) is 4.31. The molecule has 120 valence electrons. The quantitative estimate of drug-likeness (QED) is 0.736. The third-order valence-corrected chi connectivity index (χ3v) is 5.32. The van der Waals surface area contributed by atoms with Crippen molar-refractivity contribution in [2.24, 2.45) is 0 Å². The Kier molecular flexibility index (Phi) is 4.16. The van der Waals surface area contributed by atoms with E-state index in [2.05, 4.69) is 63.2 Å². The van der Waals surface area contributed by atoms with Gasteiger partial charge in [0.05, 0.1) is 5.69 Å². The fraction of sp³-hybridized carbons (Fsp3) is 0.389. The van der Waals surface area contributed by atoms with E-state index in [0.717, 1.165) is 44.9 Å². The lowest BCUT2D eigenvalue weighted by atomic mass is 10.3. The lowest BCUT2D eigenvalue weighted by Crippen LogP contribution is -2.45. The lowest BCUT2D eigenvalue weighted by Gasteiger charge is -2.34. The highest BCUT2D eigenvalue weighted by Crippen LogP contribution is 2.15. The molecule has 1 fully saturated rings. The van der Waals surface area contributed by atoms with E-state index in [1.165, 1.54) is 16.1 Å². The van der Waals surface area contributed by atoms with Crippen LogP contribution in [-0.4, -0.2) is 45.4 Å². The van der Waals surface area contributed by atoms with Gasteiger partial charge < -0.3 is 4.40 Å². The van der Waals surface area contributed by atoms with Gasteiger partial charge >= 0.3 is 0 Å². The van der Waals surface area contributed by atoms with Crippen LogP contribution in [0, 0.1) is 6.92 Å². The topological polar surface area (TPSA) is 23.8 Å². The number of nitrogens with zero attached hydrogens (tertiary/aromatic N) is 4. The van der Waals surface area contributed by atoms with Gasteiger partial charge in [0.2, 0.25) is 0 Å². The Labute approximate surface area is 141 Å². The summed E-state index contributed by atoms with van der Waals surface area (Å²) in [7, 11) is 0. The van der Waals surface area contributed by atoms with Crippen molar-refractivity contribution in [3.63, 3.8) is 0 Å². The van der Waals surface area contributed by atoms with Gasteiger partial charge in [0.1, 0.15) is 5.65 Å². The molecule has 1 saturated heterocycles. The minimum absolute atomic E-state index is 0.952. The van der Waals surface area contributed by atoms with E-state index >= 15 is 0 Å². The highest BCUT2D eigenvalue weighted by molar-refractivity contribution is 7.09. The number of thiophene rings is 1. The number of hydrogen-bond donors (Lipinski definition) is 0. The summed E-state index contributed by atoms with van der Waals surface area (Å²) in [5.41, 5.74) is 3.48. The molecular weight excluding hydrogens is 304 g/mol. The van der Waals surface area contributed by atoms with Crippen LogP contribution >= 0.6 is 11.3 Å². The molecule has 0 N–H and O–H groups in total. The van der Waals surface area contributed by atoms with E-state index < -0.39 is 0 Å². The van der Waals surface area contributed by atoms with Gasteiger partial charge in [0.15, 0.2) is 0 Å². The molecule has 0 radical (unpaired) electrons. The Morgan fingerprint density at radius 2 is 1.78 bits per heavy atom. The maximum absolute atomic E-state index is 4.74. The number of aryl methyl sites for hydroxylation is 1. The zero-order valence-electron chi connectivity index (χ0n) is 13.5. The average Bonchev–Trinajstić information content (AvgIpc) is 3.18. The average molecular weight is 326 g/mol. The summed E-state index contributed by atoms with van der Waals surface area (Å²) in [6, 6.07) is 8.59. The molecule has 0 bridgehead atoms. The fourth-order valence-corrected chi connectivity index (χ4v) is 3.94. The summed E-state index contributed by atoms with van der Waals surface area (Å²) in [5.74, 6) is 0. The van der Waals surface area contributed by atoms with Gasteiger partial charge in [0.25, 0.3) is 0 Å². The summed E-state index contributed by atoms with van der Waals surface area (Å²) in [6.45, 7) is 8.70. The molecule has 4 heterocycles. The monoisotopic (exact) mass is 326 g/mol. The van der Waals surface area contributed by atoms with Crippen molar-refractivity contribution in [2.45, 2.75) is 20.0 Å². The fourth-order valence-electron chi connectivity index (χ4n) is 3.19. The van der Waals surface area contributed by atoms with Crippen LogP contribution in [0.5, 0.6) is 0 Å². The first-order chi connectivity index (χ1) is 11.3. The number of fused-ring (bicyclic) bond motifs is 1. The Bertz CT molecular complexity index is 770. The molecule has 3 aromatic rings. The molecule has 0 unspecified atom stereocenters. The van der Waals surface area contributed by atoms with E-state index in [0.29, 0.717) is 0 Å². The summed E-state index contributed by atoms with van der Waals surface area (Å²) < 4.78 is 2.14. The maximum atomic E-state index is 4.74. The van der Waals surface area contributed by atoms with E-state index in [1.807, 2.05) is 11.3 Å². The van der Waals surface area contributed by atoms with Gasteiger partial charge in [0, 0.05) is 56.5 Å². The molecule has 1 aliphatic rings. The molecular formula is C18H22N4S. The van der Waals surface area contributed by atoms with E-state index in [1.54, 1.807) is 0 Å². The Morgan fingerprint density at radius 1 is 1.00 bits per heavy atom. The van der Waals surface area contributed by atoms with Crippen molar-refractivity contribution in [1.82, 2.24) is 19.2 Å². The molecule has 4 rings (SSSR count). The van der Waals surface area contributed by atoms with E-state index in [-0.39, 0.29) is 0 Å². The van der Waals surface area contributed by atoms with Crippen molar-refractivity contribution < 1.29 is 0 Å². The van der Waals surface area contributed by atoms with Gasteiger partial charge in [-0.1, -0.05) is 12.1 Å². The third kappa shape index (κ3) is 3.47. The van der Waals surface area contributed by atoms with Crippen LogP contribution in [0.4, 0.5) is 0 Å². The van der Waals surface area contributed by atoms with E-state index in [4.69, 9.17) is 4.98 Å². The first kappa shape index (κ1) is 14.9. The molecule has 4 nitrogen and oxygen atoms in total. The number of piperazine rings is 1. The third-order valence-electron chi connectivity index (χ3n) is 4.46. The number of imidazole rings is 1. The van der Waals surface area contributed by atoms with Gasteiger partial charge in [-0.3, -0.25) is 9.80 Å². The van der Waals surface area contributed by atoms with Crippen LogP contribution in [0.15, 0.2) is 42.0 Å². The van der Waals surface area contributed by atoms with Crippen molar-refractivity contribution >= 4 is 17.0 Å². The minimum Gasteiger partial charge on any atom is -0.307 e. The van der Waals surface area contributed by atoms with Crippen LogP contribution in [0.1, 0.15) is 16.1 Å². The van der Waals surface area contributed by atoms with Crippen LogP contribution in [0.3, 0.4) is 0 Å². The Balaban J connectivity index is 1.35. The maximum Gasteiger partial charge on any atom is 0.137 e. The number of aromatic nitrogens is 2. The normalized spacial score (nSPS) is 17.1. The Hall–Kier alpha value is -1.69. The molecule has 5 heteroatoms. The lowest BCUT2D eigenvalue weighted by molar-refractivity contribution is 0.122. The second-order valence-electron chi connectivity index (χ2n) is 6.34. The van der Waals surface area contributed by atoms with Crippen LogP contribution in [-0.2, 0) is 13.1 Å². The molecule has 0 aromatic carbocycles. The predicted molar refractivity (Wildman–Crippen MR) is 94.8 cm³/mol. The van der Waals surface area contributed by atoms with Gasteiger partial charge in [-0.05, 0) is 30.0 Å². The predicted octanol–water partition coefficient (Wildman–Crippen LogP) is 3.02. The first-order valence-corrected chi connectivity index (χ1v) is 9.05. The summed E-state index contributed by atoms with van der Waals surface area (Å²) in [5, 5.41) is 2.16. The van der Waals surface area contributed by atoms with Gasteiger partial charge in [-0.2, -0.15) is 0 Å². The molecule has 23 heavy (non-hydrogen) atoms. The molecule has 0 aliphatic carbocycles. The highest BCUT2D eigenvalue weighted by Gasteiger charge is 2.18. The second-order valence-corrected chi connectivity index (χ2v) is 7.37. The second kappa shape index (κ2) is 6.43. The molecule has 0 spiro atoms. The number of pyridine rings is 1. The van der Waals surface area contributed by atoms with Crippen LogP contribution in [0.2, 0.25) is 0 Å². The molecule has 0 atom stereocenters. The van der Waals surface area contributed by atoms with E-state index in [9.17, 15) is 0 Å². The van der Waals surface area contributed by atoms with Crippen molar-refractivity contribution in [3.8, 4) is 0 Å². The van der Waals surface area contributed by atoms with Gasteiger partial charge in [-0.15, -0.1) is 11.3 Å². The standard InChI is InChI=1S/C18H22N4S/c1-15-4-5-18-19-16(13-22(18)11-15)12-20-6-8-21(9-7-20)14-17-3-2-10-23-17/h2-5,10-11,13H,6-9,12,14H2,1H3. The summed E-state index contributed by atoms with van der Waals surface area (Å²) in [4.78, 5) is 11.3. The molecule has 0 saturated carbocycles. The smallest absolute Gasteiger partial charge is 0.137 e. The first-order valence-electron chi connectivity index (χ1n) is 8.17. The van der Waals surface area contributed by atoms with Crippen molar-refractivity contribution in [3.05, 3.63) is 58.2 Å². The number of rotatable bonds is 4. The van der Waals surface area contributed by atoms with Gasteiger partial charge in [-0.25, -0.2) is 4.98 Å². The zero-order valence-corrected chi connectivity index (χ0v) is 14.3. The van der Waals surface area contributed by atoms with Crippen LogP contribution in [0.25, 0.3) is 5.65 Å². The minimum atomic E-state index is 0.952. The van der Waals surface area contributed by atoms with Crippen molar-refractivity contribution in [1.29, 1.82) is 0 Å². The highest BCUT2D eigenvalue weighted by atomic mass is 32.1. The number of hydrogen-bond acceptors (Lipinski definition) is 4. The Morgan fingerprint density at radius 3 is 2.52 bits per heavy atom. The molecule has 0 amide bonds. The summed E-state index contributed by atoms with van der Waals surface area (Å²) >= 11 is 1.86. The largest absolute Gasteiger partial charge is 0.307 e. The SMILES string of the molecule is Cc1ccc2nc(CN3CCN(Cc4cccs4)CC3)cn2c1. The zero-order chi connectivity index (χ0) is 15.6. The van der Waals surface area contributed by atoms with Crippen molar-refractivity contribution in [2.75, 3.05) is 26.2 Å².